The van der Waals surface area contributed by atoms with Crippen LogP contribution in [0.5, 0.6) is 5.75 Å². The van der Waals surface area contributed by atoms with Gasteiger partial charge in [-0.25, -0.2) is 0 Å². The number of hydrogen-bond donors (Lipinski definition) is 1. The number of rotatable bonds is 2. The summed E-state index contributed by atoms with van der Waals surface area (Å²) in [6, 6.07) is 10.2. The van der Waals surface area contributed by atoms with E-state index in [1.165, 1.54) is 4.68 Å². The summed E-state index contributed by atoms with van der Waals surface area (Å²) in [7, 11) is 0. The first-order valence-corrected chi connectivity index (χ1v) is 5.38. The summed E-state index contributed by atoms with van der Waals surface area (Å²) < 4.78 is 1.17. The number of nitriles is 1. The van der Waals surface area contributed by atoms with Crippen LogP contribution in [0.3, 0.4) is 0 Å². The molecule has 5 nitrogen and oxygen atoms in total. The van der Waals surface area contributed by atoms with Gasteiger partial charge in [-0.15, -0.1) is 0 Å². The molecule has 1 N–H and O–H groups in total. The van der Waals surface area contributed by atoms with Crippen LogP contribution < -0.4 is 5.56 Å². The Bertz CT molecular complexity index is 666. The van der Waals surface area contributed by atoms with Crippen LogP contribution in [0.25, 0.3) is 5.69 Å². The van der Waals surface area contributed by atoms with Gasteiger partial charge in [-0.1, -0.05) is 17.7 Å². The molecule has 1 aromatic heterocycles. The second-order valence-electron chi connectivity index (χ2n) is 3.90. The van der Waals surface area contributed by atoms with Crippen molar-refractivity contribution in [3.8, 4) is 17.5 Å². The molecule has 0 radical (unpaired) electrons. The predicted octanol–water partition coefficient (Wildman–Crippen LogP) is 1.31. The van der Waals surface area contributed by atoms with Gasteiger partial charge < -0.3 is 5.11 Å². The van der Waals surface area contributed by atoms with Gasteiger partial charge >= 0.3 is 0 Å². The summed E-state index contributed by atoms with van der Waals surface area (Å²) in [6.45, 7) is 1.94. The highest BCUT2D eigenvalue weighted by molar-refractivity contribution is 5.35. The minimum atomic E-state index is -0.432. The Hall–Kier alpha value is -2.61. The fourth-order valence-electron chi connectivity index (χ4n) is 1.55. The van der Waals surface area contributed by atoms with E-state index in [9.17, 15) is 9.90 Å². The van der Waals surface area contributed by atoms with Crippen LogP contribution in [0, 0.1) is 18.3 Å². The number of aromatic hydroxyl groups is 1. The first-order chi connectivity index (χ1) is 8.61. The van der Waals surface area contributed by atoms with E-state index in [1.54, 1.807) is 12.1 Å². The van der Waals surface area contributed by atoms with Crippen LogP contribution in [0.2, 0.25) is 0 Å². The van der Waals surface area contributed by atoms with E-state index in [1.807, 2.05) is 25.1 Å². The molecule has 0 bridgehead atoms. The normalized spacial score (nSPS) is 10.0. The molecular weight excluding hydrogens is 230 g/mol. The van der Waals surface area contributed by atoms with Crippen LogP contribution in [-0.2, 0) is 6.42 Å². The van der Waals surface area contributed by atoms with E-state index in [-0.39, 0.29) is 17.9 Å². The van der Waals surface area contributed by atoms with E-state index >= 15 is 0 Å². The Morgan fingerprint density at radius 1 is 1.39 bits per heavy atom. The molecule has 90 valence electrons. The summed E-state index contributed by atoms with van der Waals surface area (Å²) in [5.41, 5.74) is 1.43. The van der Waals surface area contributed by atoms with E-state index < -0.39 is 5.56 Å². The molecule has 0 saturated carbocycles. The van der Waals surface area contributed by atoms with Crippen molar-refractivity contribution in [3.63, 3.8) is 0 Å². The maximum absolute atomic E-state index is 11.7. The maximum Gasteiger partial charge on any atom is 0.275 e. The Morgan fingerprint density at radius 3 is 2.67 bits per heavy atom. The lowest BCUT2D eigenvalue weighted by Crippen LogP contribution is -2.21. The van der Waals surface area contributed by atoms with Crippen molar-refractivity contribution in [1.82, 2.24) is 9.78 Å². The fourth-order valence-corrected chi connectivity index (χ4v) is 1.55. The Morgan fingerprint density at radius 2 is 2.06 bits per heavy atom. The molecule has 0 aliphatic heterocycles. The highest BCUT2D eigenvalue weighted by Gasteiger charge is 2.08. The molecule has 0 atom stereocenters. The summed E-state index contributed by atoms with van der Waals surface area (Å²) in [4.78, 5) is 11.7. The van der Waals surface area contributed by atoms with Crippen molar-refractivity contribution >= 4 is 0 Å². The number of hydrogen-bond acceptors (Lipinski definition) is 4. The largest absolute Gasteiger partial charge is 0.506 e. The van der Waals surface area contributed by atoms with Crippen molar-refractivity contribution in [3.05, 3.63) is 51.9 Å². The highest BCUT2D eigenvalue weighted by atomic mass is 16.3. The SMILES string of the molecule is Cc1ccc(-n2nc(CC#N)c(O)cc2=O)cc1. The van der Waals surface area contributed by atoms with Gasteiger partial charge in [0.25, 0.3) is 5.56 Å². The van der Waals surface area contributed by atoms with Gasteiger partial charge in [0.05, 0.1) is 18.2 Å². The van der Waals surface area contributed by atoms with E-state index in [4.69, 9.17) is 5.26 Å². The summed E-state index contributed by atoms with van der Waals surface area (Å²) in [5.74, 6) is -0.245. The molecule has 18 heavy (non-hydrogen) atoms. The minimum Gasteiger partial charge on any atom is -0.506 e. The number of nitrogens with zero attached hydrogens (tertiary/aromatic N) is 3. The van der Waals surface area contributed by atoms with Gasteiger partial charge in [-0.3, -0.25) is 4.79 Å². The molecule has 2 aromatic rings. The van der Waals surface area contributed by atoms with Crippen molar-refractivity contribution in [2.45, 2.75) is 13.3 Å². The third-order valence-electron chi connectivity index (χ3n) is 2.51. The maximum atomic E-state index is 11.7. The fraction of sp³-hybridized carbons (Fsp3) is 0.154. The molecule has 0 spiro atoms. The highest BCUT2D eigenvalue weighted by Crippen LogP contribution is 2.13. The molecule has 0 unspecified atom stereocenters. The molecular formula is C13H11N3O2. The van der Waals surface area contributed by atoms with Gasteiger partial charge in [0.1, 0.15) is 11.4 Å². The molecule has 0 fully saturated rings. The standard InChI is InChI=1S/C13H11N3O2/c1-9-2-4-10(5-3-9)16-13(18)8-12(17)11(15-16)6-7-14/h2-5,8,17H,6H2,1H3. The predicted molar refractivity (Wildman–Crippen MR) is 65.6 cm³/mol. The zero-order valence-electron chi connectivity index (χ0n) is 9.79. The smallest absolute Gasteiger partial charge is 0.275 e. The second-order valence-corrected chi connectivity index (χ2v) is 3.90. The molecule has 0 aliphatic carbocycles. The van der Waals surface area contributed by atoms with Crippen molar-refractivity contribution in [1.29, 1.82) is 5.26 Å². The summed E-state index contributed by atoms with van der Waals surface area (Å²) in [6.07, 6.45) is -0.0437. The van der Waals surface area contributed by atoms with Crippen LogP contribution in [0.4, 0.5) is 0 Å². The topological polar surface area (TPSA) is 78.9 Å². The van der Waals surface area contributed by atoms with Gasteiger partial charge in [-0.05, 0) is 19.1 Å². The molecule has 1 aromatic carbocycles. The van der Waals surface area contributed by atoms with Crippen LogP contribution >= 0.6 is 0 Å². The summed E-state index contributed by atoms with van der Waals surface area (Å²) in [5, 5.41) is 22.1. The third kappa shape index (κ3) is 2.23. The van der Waals surface area contributed by atoms with Gasteiger partial charge in [0.15, 0.2) is 0 Å². The average Bonchev–Trinajstić information content (AvgIpc) is 2.34. The molecule has 1 heterocycles. The first-order valence-electron chi connectivity index (χ1n) is 5.38. The van der Waals surface area contributed by atoms with E-state index in [2.05, 4.69) is 5.10 Å². The molecule has 0 amide bonds. The van der Waals surface area contributed by atoms with Gasteiger partial charge in [0.2, 0.25) is 0 Å². The Kier molecular flexibility index (Phi) is 3.11. The zero-order valence-corrected chi connectivity index (χ0v) is 9.79. The lowest BCUT2D eigenvalue weighted by Gasteiger charge is -2.07. The van der Waals surface area contributed by atoms with Crippen LogP contribution in [-0.4, -0.2) is 14.9 Å². The van der Waals surface area contributed by atoms with E-state index in [0.29, 0.717) is 5.69 Å². The van der Waals surface area contributed by atoms with Crippen molar-refractivity contribution in [2.75, 3.05) is 0 Å². The first kappa shape index (κ1) is 11.9. The number of benzene rings is 1. The quantitative estimate of drug-likeness (QED) is 0.859. The molecule has 0 saturated heterocycles. The summed E-state index contributed by atoms with van der Waals surface area (Å²) >= 11 is 0. The minimum absolute atomic E-state index is 0.0437. The lowest BCUT2D eigenvalue weighted by molar-refractivity contribution is 0.459. The molecule has 5 heteroatoms. The average molecular weight is 241 g/mol. The van der Waals surface area contributed by atoms with E-state index in [0.717, 1.165) is 11.6 Å². The monoisotopic (exact) mass is 241 g/mol. The molecule has 2 rings (SSSR count). The van der Waals surface area contributed by atoms with Crippen molar-refractivity contribution < 1.29 is 5.11 Å². The number of aryl methyl sites for hydroxylation is 1. The lowest BCUT2D eigenvalue weighted by atomic mass is 10.2. The van der Waals surface area contributed by atoms with Gasteiger partial charge in [-0.2, -0.15) is 15.0 Å². The Balaban J connectivity index is 2.57. The van der Waals surface area contributed by atoms with Gasteiger partial charge in [0, 0.05) is 6.07 Å². The zero-order chi connectivity index (χ0) is 13.1. The van der Waals surface area contributed by atoms with Crippen molar-refractivity contribution in [2.24, 2.45) is 0 Å². The third-order valence-corrected chi connectivity index (χ3v) is 2.51. The second kappa shape index (κ2) is 4.72. The molecule has 0 aliphatic rings. The van der Waals surface area contributed by atoms with Crippen LogP contribution in [0.15, 0.2) is 35.1 Å². The van der Waals surface area contributed by atoms with Crippen LogP contribution in [0.1, 0.15) is 11.3 Å². The number of aromatic nitrogens is 2. The Labute approximate surface area is 104 Å².